The van der Waals surface area contributed by atoms with Gasteiger partial charge in [-0.2, -0.15) is 0 Å². The van der Waals surface area contributed by atoms with Gasteiger partial charge in [0.2, 0.25) is 5.91 Å². The summed E-state index contributed by atoms with van der Waals surface area (Å²) in [6.07, 6.45) is 2.22. The predicted octanol–water partition coefficient (Wildman–Crippen LogP) is 3.81. The summed E-state index contributed by atoms with van der Waals surface area (Å²) in [6.45, 7) is 10.9. The third kappa shape index (κ3) is 8.42. The number of Topliss-reactive ketones (excluding diaryl/α,β-unsaturated/α-hetero) is 1. The lowest BCUT2D eigenvalue weighted by Gasteiger charge is -2.34. The first kappa shape index (κ1) is 31.4. The van der Waals surface area contributed by atoms with E-state index in [0.717, 1.165) is 29.8 Å². The summed E-state index contributed by atoms with van der Waals surface area (Å²) in [7, 11) is 0. The monoisotopic (exact) mass is 564 g/mol. The Kier molecular flexibility index (Phi) is 10.8. The van der Waals surface area contributed by atoms with Gasteiger partial charge in [0.05, 0.1) is 48.5 Å². The summed E-state index contributed by atoms with van der Waals surface area (Å²) in [6, 6.07) is 0. The van der Waals surface area contributed by atoms with Crippen LogP contribution >= 0.6 is 11.3 Å². The maximum absolute atomic E-state index is 13.2. The van der Waals surface area contributed by atoms with Crippen molar-refractivity contribution >= 4 is 35.1 Å². The molecule has 3 N–H and O–H groups in total. The van der Waals surface area contributed by atoms with Gasteiger partial charge in [0.25, 0.3) is 0 Å². The molecule has 1 amide bonds. The van der Waals surface area contributed by atoms with Crippen molar-refractivity contribution in [3.63, 3.8) is 0 Å². The van der Waals surface area contributed by atoms with E-state index in [1.54, 1.807) is 27.7 Å². The van der Waals surface area contributed by atoms with E-state index in [-0.39, 0.29) is 36.2 Å². The van der Waals surface area contributed by atoms with Gasteiger partial charge in [0.15, 0.2) is 0 Å². The second kappa shape index (κ2) is 13.5. The van der Waals surface area contributed by atoms with Gasteiger partial charge in [-0.05, 0) is 37.3 Å². The summed E-state index contributed by atoms with van der Waals surface area (Å²) >= 11 is 1.44. The molecule has 2 saturated heterocycles. The molecule has 0 bridgehead atoms. The first-order valence-corrected chi connectivity index (χ1v) is 14.9. The third-order valence-corrected chi connectivity index (χ3v) is 8.97. The normalized spacial score (nSPS) is 32.7. The zero-order valence-corrected chi connectivity index (χ0v) is 24.8. The average molecular weight is 565 g/mol. The van der Waals surface area contributed by atoms with Gasteiger partial charge >= 0.3 is 5.97 Å². The minimum absolute atomic E-state index is 0.0393. The summed E-state index contributed by atoms with van der Waals surface area (Å²) in [5.74, 6) is -1.67. The van der Waals surface area contributed by atoms with Crippen LogP contribution in [-0.2, 0) is 30.4 Å². The molecule has 1 aromatic rings. The minimum atomic E-state index is -1.26. The number of hydrogen-bond acceptors (Lipinski definition) is 9. The minimum Gasteiger partial charge on any atom is -0.458 e. The topological polar surface area (TPSA) is 138 Å². The smallest absolute Gasteiger partial charge is 0.309 e. The van der Waals surface area contributed by atoms with E-state index in [2.05, 4.69) is 10.3 Å². The van der Waals surface area contributed by atoms with E-state index in [4.69, 9.17) is 9.47 Å². The Labute approximate surface area is 235 Å². The van der Waals surface area contributed by atoms with Crippen molar-refractivity contribution in [2.75, 3.05) is 0 Å². The highest BCUT2D eigenvalue weighted by atomic mass is 32.1. The van der Waals surface area contributed by atoms with Crippen LogP contribution in [0.25, 0.3) is 6.08 Å². The molecule has 3 heterocycles. The van der Waals surface area contributed by atoms with Crippen molar-refractivity contribution in [3.05, 3.63) is 21.7 Å². The molecular weight excluding hydrogens is 520 g/mol. The average Bonchev–Trinajstić information content (AvgIpc) is 3.47. The number of ether oxygens (including phenoxy) is 2. The van der Waals surface area contributed by atoms with Gasteiger partial charge in [-0.15, -0.1) is 11.3 Å². The Bertz CT molecular complexity index is 1050. The van der Waals surface area contributed by atoms with Crippen molar-refractivity contribution in [2.24, 2.45) is 17.3 Å². The first-order chi connectivity index (χ1) is 18.3. The van der Waals surface area contributed by atoms with E-state index in [0.29, 0.717) is 25.1 Å². The summed E-state index contributed by atoms with van der Waals surface area (Å²) in [4.78, 5) is 42.3. The third-order valence-electron chi connectivity index (χ3n) is 8.10. The largest absolute Gasteiger partial charge is 0.458 e. The van der Waals surface area contributed by atoms with Gasteiger partial charge in [-0.25, -0.2) is 4.98 Å². The molecule has 10 heteroatoms. The highest BCUT2D eigenvalue weighted by molar-refractivity contribution is 7.09. The molecule has 3 rings (SSSR count). The molecule has 9 nitrogen and oxygen atoms in total. The van der Waals surface area contributed by atoms with Crippen LogP contribution in [0.3, 0.4) is 0 Å². The van der Waals surface area contributed by atoms with E-state index in [1.807, 2.05) is 25.3 Å². The maximum atomic E-state index is 13.2. The van der Waals surface area contributed by atoms with E-state index in [9.17, 15) is 24.6 Å². The van der Waals surface area contributed by atoms with Gasteiger partial charge in [0.1, 0.15) is 16.9 Å². The van der Waals surface area contributed by atoms with Crippen LogP contribution in [0.15, 0.2) is 11.0 Å². The summed E-state index contributed by atoms with van der Waals surface area (Å²) < 4.78 is 11.8. The Morgan fingerprint density at radius 2 is 1.95 bits per heavy atom. The SMILES string of the molecule is CCC(=O)NCc1nc(/C=C(\C)[C@@H]2C[C@@H]3OC3CCC[C@H](C)[C@H](O)[C@@H](C)C(=O)C(C)(C)[C@@H](O)CC(=O)O2)cs1. The second-order valence-corrected chi connectivity index (χ2v) is 12.5. The Hall–Kier alpha value is -2.14. The molecule has 0 aliphatic carbocycles. The number of nitrogens with zero attached hydrogens (tertiary/aromatic N) is 1. The number of aromatic nitrogens is 1. The standard InChI is InChI=1S/C29H44N2O7S/c1-7-24(33)30-14-25-31-19(15-39-25)11-17(3)21-12-22-20(37-22)10-8-9-16(2)27(35)18(4)28(36)29(5,6)23(32)13-26(34)38-21/h11,15-16,18,20-23,27,32,35H,7-10,12-14H2,1-6H3,(H,30,33)/b17-11+/t16-,18+,20?,21-,22-,23-,27-/m0/s1. The van der Waals surface area contributed by atoms with E-state index >= 15 is 0 Å². The van der Waals surface area contributed by atoms with Crippen LogP contribution in [0.1, 0.15) is 90.8 Å². The van der Waals surface area contributed by atoms with Crippen LogP contribution in [0.4, 0.5) is 0 Å². The fraction of sp³-hybridized carbons (Fsp3) is 0.724. The number of rotatable bonds is 5. The molecule has 1 aromatic heterocycles. The number of amides is 1. The number of ketones is 1. The van der Waals surface area contributed by atoms with Crippen molar-refractivity contribution in [1.82, 2.24) is 10.3 Å². The van der Waals surface area contributed by atoms with Crippen LogP contribution in [-0.4, -0.2) is 63.4 Å². The molecule has 7 atom stereocenters. The molecule has 0 radical (unpaired) electrons. The number of carbonyl (C=O) groups is 3. The predicted molar refractivity (Wildman–Crippen MR) is 149 cm³/mol. The first-order valence-electron chi connectivity index (χ1n) is 14.0. The molecule has 218 valence electrons. The number of thiazole rings is 1. The quantitative estimate of drug-likeness (QED) is 0.363. The lowest BCUT2D eigenvalue weighted by atomic mass is 9.73. The van der Waals surface area contributed by atoms with Crippen LogP contribution in [0, 0.1) is 17.3 Å². The number of fused-ring (bicyclic) bond motifs is 1. The zero-order chi connectivity index (χ0) is 28.9. The molecule has 1 unspecified atom stereocenters. The highest BCUT2D eigenvalue weighted by Gasteiger charge is 2.44. The number of nitrogens with one attached hydrogen (secondary N) is 1. The number of carbonyl (C=O) groups excluding carboxylic acids is 3. The zero-order valence-electron chi connectivity index (χ0n) is 23.9. The Morgan fingerprint density at radius 1 is 1.23 bits per heavy atom. The van der Waals surface area contributed by atoms with Gasteiger partial charge < -0.3 is 25.0 Å². The van der Waals surface area contributed by atoms with E-state index in [1.165, 1.54) is 11.3 Å². The number of epoxide rings is 1. The van der Waals surface area contributed by atoms with Gasteiger partial charge in [-0.1, -0.05) is 41.0 Å². The van der Waals surface area contributed by atoms with Crippen molar-refractivity contribution in [3.8, 4) is 0 Å². The Morgan fingerprint density at radius 3 is 2.64 bits per heavy atom. The Balaban J connectivity index is 1.77. The van der Waals surface area contributed by atoms with Crippen LogP contribution < -0.4 is 5.32 Å². The van der Waals surface area contributed by atoms with Crippen molar-refractivity contribution in [2.45, 2.75) is 117 Å². The van der Waals surface area contributed by atoms with Crippen molar-refractivity contribution < 1.29 is 34.1 Å². The number of aliphatic hydroxyl groups is 2. The fourth-order valence-corrected chi connectivity index (χ4v) is 5.80. The molecule has 39 heavy (non-hydrogen) atoms. The van der Waals surface area contributed by atoms with Crippen LogP contribution in [0.2, 0.25) is 0 Å². The molecule has 2 aliphatic heterocycles. The molecule has 0 saturated carbocycles. The number of esters is 1. The summed E-state index contributed by atoms with van der Waals surface area (Å²) in [5.41, 5.74) is 0.275. The number of cyclic esters (lactones) is 1. The lowest BCUT2D eigenvalue weighted by Crippen LogP contribution is -2.45. The van der Waals surface area contributed by atoms with Gasteiger partial charge in [-0.3, -0.25) is 14.4 Å². The second-order valence-electron chi connectivity index (χ2n) is 11.6. The molecular formula is C29H44N2O7S. The summed E-state index contributed by atoms with van der Waals surface area (Å²) in [5, 5.41) is 27.2. The van der Waals surface area contributed by atoms with Crippen LogP contribution in [0.5, 0.6) is 0 Å². The molecule has 0 aromatic carbocycles. The lowest BCUT2D eigenvalue weighted by molar-refractivity contribution is -0.154. The number of aliphatic hydroxyl groups excluding tert-OH is 2. The molecule has 2 aliphatic rings. The number of hydrogen-bond donors (Lipinski definition) is 3. The van der Waals surface area contributed by atoms with Gasteiger partial charge in [0, 0.05) is 24.1 Å². The fourth-order valence-electron chi connectivity index (χ4n) is 5.11. The van der Waals surface area contributed by atoms with E-state index < -0.39 is 35.6 Å². The maximum Gasteiger partial charge on any atom is 0.309 e. The molecule has 2 fully saturated rings. The van der Waals surface area contributed by atoms with Crippen molar-refractivity contribution in [1.29, 1.82) is 0 Å². The highest BCUT2D eigenvalue weighted by Crippen LogP contribution is 2.36. The molecule has 0 spiro atoms.